The number of morpholine rings is 1. The van der Waals surface area contributed by atoms with Gasteiger partial charge in [-0.05, 0) is 6.42 Å². The fourth-order valence-corrected chi connectivity index (χ4v) is 1.78. The molecule has 5 nitrogen and oxygen atoms in total. The lowest BCUT2D eigenvalue weighted by Gasteiger charge is -2.34. The van der Waals surface area contributed by atoms with Crippen LogP contribution in [0.15, 0.2) is 0 Å². The molecule has 92 valence electrons. The largest absolute Gasteiger partial charge is 0.377 e. The number of halogens is 1. The van der Waals surface area contributed by atoms with Crippen LogP contribution in [0.25, 0.3) is 0 Å². The summed E-state index contributed by atoms with van der Waals surface area (Å²) in [6.07, 6.45) is 1.02. The Morgan fingerprint density at radius 2 is 2.31 bits per heavy atom. The molecule has 1 fully saturated rings. The predicted octanol–water partition coefficient (Wildman–Crippen LogP) is -0.0212. The summed E-state index contributed by atoms with van der Waals surface area (Å²) in [5.41, 5.74) is 0. The van der Waals surface area contributed by atoms with Gasteiger partial charge in [0.15, 0.2) is 0 Å². The van der Waals surface area contributed by atoms with Crippen LogP contribution in [-0.2, 0) is 14.3 Å². The summed E-state index contributed by atoms with van der Waals surface area (Å²) >= 11 is 5.54. The molecular weight excluding hydrogens is 232 g/mol. The molecule has 16 heavy (non-hydrogen) atoms. The Morgan fingerprint density at radius 3 is 2.94 bits per heavy atom. The molecule has 2 amide bonds. The molecule has 1 aliphatic heterocycles. The van der Waals surface area contributed by atoms with Crippen molar-refractivity contribution in [1.82, 2.24) is 10.2 Å². The van der Waals surface area contributed by atoms with Gasteiger partial charge in [-0.25, -0.2) is 0 Å². The van der Waals surface area contributed by atoms with Crippen molar-refractivity contribution >= 4 is 23.4 Å². The first-order chi connectivity index (χ1) is 7.70. The highest BCUT2D eigenvalue weighted by molar-refractivity contribution is 6.17. The minimum Gasteiger partial charge on any atom is -0.377 e. The second-order valence-corrected chi connectivity index (χ2v) is 3.96. The third-order valence-electron chi connectivity index (χ3n) is 2.52. The summed E-state index contributed by atoms with van der Waals surface area (Å²) in [7, 11) is 1.55. The number of carbonyl (C=O) groups excluding carboxylic acids is 2. The van der Waals surface area contributed by atoms with Crippen molar-refractivity contribution < 1.29 is 14.3 Å². The van der Waals surface area contributed by atoms with Gasteiger partial charge in [0.2, 0.25) is 11.8 Å². The Labute approximate surface area is 100 Å². The van der Waals surface area contributed by atoms with Gasteiger partial charge in [0.25, 0.3) is 0 Å². The van der Waals surface area contributed by atoms with Crippen LogP contribution in [-0.4, -0.2) is 55.4 Å². The van der Waals surface area contributed by atoms with Gasteiger partial charge in [0.05, 0.1) is 13.2 Å². The number of likely N-dealkylation sites (N-methyl/N-ethyl adjacent to an activating group) is 1. The fraction of sp³-hybridized carbons (Fsp3) is 0.800. The molecule has 0 spiro atoms. The molecule has 0 radical (unpaired) electrons. The number of hydrogen-bond acceptors (Lipinski definition) is 3. The van der Waals surface area contributed by atoms with Crippen LogP contribution in [0.1, 0.15) is 12.8 Å². The highest BCUT2D eigenvalue weighted by atomic mass is 35.5. The van der Waals surface area contributed by atoms with Crippen LogP contribution >= 0.6 is 11.6 Å². The summed E-state index contributed by atoms with van der Waals surface area (Å²) in [6, 6.07) is -0.499. The Morgan fingerprint density at radius 1 is 1.56 bits per heavy atom. The summed E-state index contributed by atoms with van der Waals surface area (Å²) in [5, 5.41) is 2.54. The van der Waals surface area contributed by atoms with E-state index in [2.05, 4.69) is 5.32 Å². The van der Waals surface area contributed by atoms with Gasteiger partial charge in [-0.3, -0.25) is 9.59 Å². The molecule has 0 aliphatic carbocycles. The quantitative estimate of drug-likeness (QED) is 0.712. The molecule has 0 saturated carbocycles. The van der Waals surface area contributed by atoms with E-state index >= 15 is 0 Å². The number of amides is 2. The Balaban J connectivity index is 2.59. The summed E-state index contributed by atoms with van der Waals surface area (Å²) in [6.45, 7) is 1.23. The zero-order valence-corrected chi connectivity index (χ0v) is 10.1. The van der Waals surface area contributed by atoms with Crippen molar-refractivity contribution in [2.45, 2.75) is 18.9 Å². The predicted molar refractivity (Wildman–Crippen MR) is 60.3 cm³/mol. The lowest BCUT2D eigenvalue weighted by molar-refractivity contribution is -0.148. The van der Waals surface area contributed by atoms with Crippen LogP contribution in [0.5, 0.6) is 0 Å². The number of nitrogens with one attached hydrogen (secondary N) is 1. The van der Waals surface area contributed by atoms with E-state index in [1.807, 2.05) is 0 Å². The van der Waals surface area contributed by atoms with Gasteiger partial charge in [-0.1, -0.05) is 0 Å². The first-order valence-corrected chi connectivity index (χ1v) is 5.89. The average molecular weight is 249 g/mol. The monoisotopic (exact) mass is 248 g/mol. The van der Waals surface area contributed by atoms with E-state index in [0.717, 1.165) is 0 Å². The van der Waals surface area contributed by atoms with E-state index in [1.54, 1.807) is 11.9 Å². The van der Waals surface area contributed by atoms with Crippen LogP contribution in [0.4, 0.5) is 0 Å². The van der Waals surface area contributed by atoms with E-state index in [1.165, 1.54) is 0 Å². The van der Waals surface area contributed by atoms with Crippen molar-refractivity contribution in [2.24, 2.45) is 0 Å². The lowest BCUT2D eigenvalue weighted by atomic mass is 10.2. The van der Waals surface area contributed by atoms with Crippen molar-refractivity contribution in [3.63, 3.8) is 0 Å². The highest BCUT2D eigenvalue weighted by Crippen LogP contribution is 2.10. The molecule has 0 aromatic rings. The Hall–Kier alpha value is -0.810. The number of hydrogen-bond donors (Lipinski definition) is 1. The van der Waals surface area contributed by atoms with E-state index in [4.69, 9.17) is 16.3 Å². The number of rotatable bonds is 4. The van der Waals surface area contributed by atoms with Crippen molar-refractivity contribution in [1.29, 1.82) is 0 Å². The smallest absolute Gasteiger partial charge is 0.244 e. The van der Waals surface area contributed by atoms with Gasteiger partial charge in [-0.15, -0.1) is 11.6 Å². The number of alkyl halides is 1. The molecule has 0 bridgehead atoms. The number of ether oxygens (including phenoxy) is 1. The maximum absolute atomic E-state index is 11.8. The molecule has 1 aliphatic rings. The SMILES string of the molecule is CNC(=O)C1COCCN1C(=O)CCCCl. The number of nitrogens with zero attached hydrogens (tertiary/aromatic N) is 1. The van der Waals surface area contributed by atoms with Crippen molar-refractivity contribution in [3.8, 4) is 0 Å². The molecule has 1 saturated heterocycles. The van der Waals surface area contributed by atoms with Gasteiger partial charge in [0.1, 0.15) is 6.04 Å². The minimum atomic E-state index is -0.499. The van der Waals surface area contributed by atoms with Gasteiger partial charge < -0.3 is 15.0 Å². The van der Waals surface area contributed by atoms with Crippen LogP contribution in [0.3, 0.4) is 0 Å². The van der Waals surface area contributed by atoms with Crippen molar-refractivity contribution in [3.05, 3.63) is 0 Å². The lowest BCUT2D eigenvalue weighted by Crippen LogP contribution is -2.55. The molecule has 1 atom stereocenters. The van der Waals surface area contributed by atoms with Crippen LogP contribution in [0, 0.1) is 0 Å². The molecule has 0 aromatic heterocycles. The van der Waals surface area contributed by atoms with E-state index in [-0.39, 0.29) is 18.4 Å². The first-order valence-electron chi connectivity index (χ1n) is 5.35. The fourth-order valence-electron chi connectivity index (χ4n) is 1.65. The van der Waals surface area contributed by atoms with Gasteiger partial charge in [0, 0.05) is 25.9 Å². The standard InChI is InChI=1S/C10H17ClN2O3/c1-12-10(15)8-7-16-6-5-13(8)9(14)3-2-4-11/h8H,2-7H2,1H3,(H,12,15). The Kier molecular flexibility index (Phi) is 5.55. The second kappa shape index (κ2) is 6.70. The Bertz CT molecular complexity index is 260. The average Bonchev–Trinajstić information content (AvgIpc) is 2.35. The third-order valence-corrected chi connectivity index (χ3v) is 2.79. The van der Waals surface area contributed by atoms with Crippen LogP contribution in [0.2, 0.25) is 0 Å². The van der Waals surface area contributed by atoms with Gasteiger partial charge >= 0.3 is 0 Å². The molecular formula is C10H17ClN2O3. The second-order valence-electron chi connectivity index (χ2n) is 3.58. The molecule has 1 heterocycles. The topological polar surface area (TPSA) is 58.6 Å². The number of carbonyl (C=O) groups is 2. The molecule has 1 N–H and O–H groups in total. The summed E-state index contributed by atoms with van der Waals surface area (Å²) < 4.78 is 5.21. The zero-order valence-electron chi connectivity index (χ0n) is 9.37. The van der Waals surface area contributed by atoms with E-state index in [9.17, 15) is 9.59 Å². The highest BCUT2D eigenvalue weighted by Gasteiger charge is 2.31. The maximum Gasteiger partial charge on any atom is 0.244 e. The van der Waals surface area contributed by atoms with E-state index < -0.39 is 6.04 Å². The minimum absolute atomic E-state index is 0.0300. The third kappa shape index (κ3) is 3.35. The van der Waals surface area contributed by atoms with Gasteiger partial charge in [-0.2, -0.15) is 0 Å². The summed E-state index contributed by atoms with van der Waals surface area (Å²) in [4.78, 5) is 24.9. The molecule has 1 rings (SSSR count). The first kappa shape index (κ1) is 13.3. The van der Waals surface area contributed by atoms with Crippen molar-refractivity contribution in [2.75, 3.05) is 32.7 Å². The van der Waals surface area contributed by atoms with E-state index in [0.29, 0.717) is 31.9 Å². The molecule has 1 unspecified atom stereocenters. The van der Waals surface area contributed by atoms with Crippen LogP contribution < -0.4 is 5.32 Å². The summed E-state index contributed by atoms with van der Waals surface area (Å²) in [5.74, 6) is 0.247. The molecule has 6 heteroatoms. The normalized spacial score (nSPS) is 20.6. The maximum atomic E-state index is 11.8. The molecule has 0 aromatic carbocycles. The zero-order chi connectivity index (χ0) is 12.0.